The molecule has 1 aromatic heterocycles. The predicted octanol–water partition coefficient (Wildman–Crippen LogP) is 2.32. The van der Waals surface area contributed by atoms with Crippen molar-refractivity contribution in [3.05, 3.63) is 18.3 Å². The number of methoxy groups -OCH3 is 1. The van der Waals surface area contributed by atoms with Crippen LogP contribution in [0.4, 0.5) is 23.2 Å². The molecular formula is C16H21F4N3O3. The van der Waals surface area contributed by atoms with Crippen molar-refractivity contribution < 1.29 is 31.8 Å². The van der Waals surface area contributed by atoms with Gasteiger partial charge in [0.25, 0.3) is 0 Å². The minimum Gasteiger partial charge on any atom is -0.471 e. The molecule has 6 nitrogen and oxygen atoms in total. The van der Waals surface area contributed by atoms with Gasteiger partial charge in [-0.3, -0.25) is 4.79 Å². The second-order valence-electron chi connectivity index (χ2n) is 6.15. The van der Waals surface area contributed by atoms with E-state index in [0.29, 0.717) is 31.6 Å². The van der Waals surface area contributed by atoms with E-state index < -0.39 is 24.4 Å². The fourth-order valence-corrected chi connectivity index (χ4v) is 2.66. The maximum atomic E-state index is 12.8. The third-order valence-corrected chi connectivity index (χ3v) is 4.19. The van der Waals surface area contributed by atoms with Crippen molar-refractivity contribution in [1.82, 2.24) is 10.3 Å². The first kappa shape index (κ1) is 20.4. The Morgan fingerprint density at radius 3 is 2.62 bits per heavy atom. The molecule has 2 heterocycles. The summed E-state index contributed by atoms with van der Waals surface area (Å²) in [5.74, 6) is -4.71. The number of alkyl halides is 4. The van der Waals surface area contributed by atoms with Crippen LogP contribution in [0.15, 0.2) is 18.3 Å². The largest absolute Gasteiger partial charge is 0.471 e. The smallest absolute Gasteiger partial charge is 0.340 e. The van der Waals surface area contributed by atoms with Crippen molar-refractivity contribution in [2.75, 3.05) is 38.7 Å². The molecule has 0 saturated carbocycles. The van der Waals surface area contributed by atoms with Gasteiger partial charge in [0, 0.05) is 13.2 Å². The number of pyridine rings is 1. The van der Waals surface area contributed by atoms with Crippen LogP contribution in [0.5, 0.6) is 5.88 Å². The number of nitrogens with zero attached hydrogens (tertiary/aromatic N) is 1. The van der Waals surface area contributed by atoms with Crippen LogP contribution in [0, 0.1) is 5.41 Å². The van der Waals surface area contributed by atoms with Crippen molar-refractivity contribution in [2.45, 2.75) is 25.2 Å². The van der Waals surface area contributed by atoms with E-state index in [2.05, 4.69) is 20.4 Å². The van der Waals surface area contributed by atoms with E-state index in [1.54, 1.807) is 0 Å². The average Bonchev–Trinajstić information content (AvgIpc) is 2.62. The van der Waals surface area contributed by atoms with Gasteiger partial charge >= 0.3 is 12.3 Å². The quantitative estimate of drug-likeness (QED) is 0.679. The van der Waals surface area contributed by atoms with E-state index in [1.165, 1.54) is 25.4 Å². The number of hydrogen-bond acceptors (Lipinski definition) is 5. The molecule has 0 spiro atoms. The Morgan fingerprint density at radius 2 is 2.08 bits per heavy atom. The van der Waals surface area contributed by atoms with Crippen LogP contribution in [0.1, 0.15) is 12.8 Å². The lowest BCUT2D eigenvalue weighted by Crippen LogP contribution is -2.47. The summed E-state index contributed by atoms with van der Waals surface area (Å²) in [5.41, 5.74) is -0.314. The van der Waals surface area contributed by atoms with E-state index in [0.717, 1.165) is 0 Å². The van der Waals surface area contributed by atoms with Crippen LogP contribution in [0.25, 0.3) is 0 Å². The lowest BCUT2D eigenvalue weighted by molar-refractivity contribution is -0.148. The molecule has 0 atom stereocenters. The first-order valence-electron chi connectivity index (χ1n) is 8.05. The Morgan fingerprint density at radius 1 is 1.38 bits per heavy atom. The second-order valence-corrected chi connectivity index (χ2v) is 6.15. The molecular weight excluding hydrogens is 358 g/mol. The number of anilines is 1. The molecule has 1 fully saturated rings. The highest BCUT2D eigenvalue weighted by molar-refractivity contribution is 5.95. The molecule has 26 heavy (non-hydrogen) atoms. The van der Waals surface area contributed by atoms with E-state index >= 15 is 0 Å². The van der Waals surface area contributed by atoms with Crippen LogP contribution in [0.3, 0.4) is 0 Å². The summed E-state index contributed by atoms with van der Waals surface area (Å²) in [7, 11) is 1.53. The Labute approximate surface area is 148 Å². The molecule has 2 rings (SSSR count). The normalized spacial score (nSPS) is 17.2. The average molecular weight is 379 g/mol. The zero-order chi connectivity index (χ0) is 19.2. The third-order valence-electron chi connectivity index (χ3n) is 4.19. The second kappa shape index (κ2) is 8.63. The minimum absolute atomic E-state index is 0.222. The SMILES string of the molecule is COCC1(C(=O)Nc2ccc(OCC(F)(F)C(F)F)nc2)CCNCC1. The molecule has 1 saturated heterocycles. The van der Waals surface area contributed by atoms with E-state index in [1.807, 2.05) is 0 Å². The highest BCUT2D eigenvalue weighted by Crippen LogP contribution is 2.31. The molecule has 0 aromatic carbocycles. The Hall–Kier alpha value is -1.94. The van der Waals surface area contributed by atoms with Gasteiger partial charge in [-0.25, -0.2) is 13.8 Å². The summed E-state index contributed by atoms with van der Waals surface area (Å²) < 4.78 is 59.6. The molecule has 0 unspecified atom stereocenters. The number of rotatable bonds is 8. The van der Waals surface area contributed by atoms with Gasteiger partial charge in [-0.05, 0) is 32.0 Å². The number of piperidine rings is 1. The zero-order valence-corrected chi connectivity index (χ0v) is 14.2. The summed E-state index contributed by atoms with van der Waals surface area (Å²) in [4.78, 5) is 16.4. The van der Waals surface area contributed by atoms with Gasteiger partial charge < -0.3 is 20.1 Å². The molecule has 0 aliphatic carbocycles. The van der Waals surface area contributed by atoms with Crippen molar-refractivity contribution in [2.24, 2.45) is 5.41 Å². The number of hydrogen-bond donors (Lipinski definition) is 2. The summed E-state index contributed by atoms with van der Waals surface area (Å²) in [5, 5.41) is 5.90. The van der Waals surface area contributed by atoms with Gasteiger partial charge in [-0.2, -0.15) is 8.78 Å². The molecule has 2 N–H and O–H groups in total. The number of nitrogens with one attached hydrogen (secondary N) is 2. The molecule has 146 valence electrons. The molecule has 0 bridgehead atoms. The number of ether oxygens (including phenoxy) is 2. The van der Waals surface area contributed by atoms with Gasteiger partial charge in [0.1, 0.15) is 0 Å². The summed E-state index contributed by atoms with van der Waals surface area (Å²) in [6.07, 6.45) is -1.37. The van der Waals surface area contributed by atoms with Crippen molar-refractivity contribution in [3.63, 3.8) is 0 Å². The van der Waals surface area contributed by atoms with Gasteiger partial charge in [0.2, 0.25) is 11.8 Å². The lowest BCUT2D eigenvalue weighted by atomic mass is 9.78. The molecule has 1 aliphatic heterocycles. The predicted molar refractivity (Wildman–Crippen MR) is 85.7 cm³/mol. The highest BCUT2D eigenvalue weighted by atomic mass is 19.3. The van der Waals surface area contributed by atoms with Crippen LogP contribution in [0.2, 0.25) is 0 Å². The van der Waals surface area contributed by atoms with E-state index in [4.69, 9.17) is 4.74 Å². The van der Waals surface area contributed by atoms with Gasteiger partial charge in [-0.15, -0.1) is 0 Å². The first-order valence-corrected chi connectivity index (χ1v) is 8.05. The molecule has 0 radical (unpaired) electrons. The number of aromatic nitrogens is 1. The topological polar surface area (TPSA) is 72.5 Å². The highest BCUT2D eigenvalue weighted by Gasteiger charge is 2.42. The van der Waals surface area contributed by atoms with Gasteiger partial charge in [-0.1, -0.05) is 0 Å². The lowest BCUT2D eigenvalue weighted by Gasteiger charge is -2.35. The molecule has 1 aliphatic rings. The fourth-order valence-electron chi connectivity index (χ4n) is 2.66. The number of halogens is 4. The monoisotopic (exact) mass is 379 g/mol. The standard InChI is InChI=1S/C16H21F4N3O3/c1-25-9-15(4-6-21-7-5-15)14(24)23-11-2-3-12(22-8-11)26-10-16(19,20)13(17)18/h2-3,8,13,21H,4-7,9-10H2,1H3,(H,23,24). The molecule has 1 aromatic rings. The molecule has 10 heteroatoms. The number of amides is 1. The summed E-state index contributed by atoms with van der Waals surface area (Å²) in [6.45, 7) is 0.186. The van der Waals surface area contributed by atoms with Crippen LogP contribution >= 0.6 is 0 Å². The third kappa shape index (κ3) is 5.04. The Kier molecular flexibility index (Phi) is 6.76. The van der Waals surface area contributed by atoms with E-state index in [9.17, 15) is 22.4 Å². The molecule has 1 amide bonds. The summed E-state index contributed by atoms with van der Waals surface area (Å²) in [6, 6.07) is 2.63. The Bertz CT molecular complexity index is 587. The minimum atomic E-state index is -4.25. The fraction of sp³-hybridized carbons (Fsp3) is 0.625. The van der Waals surface area contributed by atoms with Gasteiger partial charge in [0.15, 0.2) is 6.61 Å². The maximum Gasteiger partial charge on any atom is 0.340 e. The number of carbonyl (C=O) groups excluding carboxylic acids is 1. The zero-order valence-electron chi connectivity index (χ0n) is 14.2. The Balaban J connectivity index is 1.96. The maximum absolute atomic E-state index is 12.8. The van der Waals surface area contributed by atoms with Crippen molar-refractivity contribution >= 4 is 11.6 Å². The van der Waals surface area contributed by atoms with Crippen molar-refractivity contribution in [1.29, 1.82) is 0 Å². The number of carbonyl (C=O) groups is 1. The van der Waals surface area contributed by atoms with Crippen LogP contribution in [-0.4, -0.2) is 56.7 Å². The van der Waals surface area contributed by atoms with Crippen LogP contribution < -0.4 is 15.4 Å². The first-order chi connectivity index (χ1) is 12.3. The van der Waals surface area contributed by atoms with Gasteiger partial charge in [0.05, 0.1) is 23.9 Å². The van der Waals surface area contributed by atoms with Crippen molar-refractivity contribution in [3.8, 4) is 5.88 Å². The van der Waals surface area contributed by atoms with E-state index in [-0.39, 0.29) is 18.4 Å². The summed E-state index contributed by atoms with van der Waals surface area (Å²) >= 11 is 0. The van der Waals surface area contributed by atoms with Crippen LogP contribution in [-0.2, 0) is 9.53 Å².